The highest BCUT2D eigenvalue weighted by atomic mass is 32.2. The zero-order chi connectivity index (χ0) is 12.1. The van der Waals surface area contributed by atoms with Gasteiger partial charge in [0, 0.05) is 5.56 Å². The third kappa shape index (κ3) is 3.25. The summed E-state index contributed by atoms with van der Waals surface area (Å²) >= 11 is 1.16. The quantitative estimate of drug-likeness (QED) is 0.647. The minimum absolute atomic E-state index is 0.0119. The molecule has 0 saturated carbocycles. The fourth-order valence-electron chi connectivity index (χ4n) is 1.20. The van der Waals surface area contributed by atoms with Crippen molar-refractivity contribution in [3.05, 3.63) is 52.4 Å². The Morgan fingerprint density at radius 2 is 2.06 bits per heavy atom. The van der Waals surface area contributed by atoms with Crippen molar-refractivity contribution in [1.29, 1.82) is 0 Å². The zero-order valence-electron chi connectivity index (χ0n) is 8.79. The van der Waals surface area contributed by atoms with E-state index in [4.69, 9.17) is 0 Å². The number of carbonyl (C=O) groups is 1. The van der Waals surface area contributed by atoms with Crippen LogP contribution in [0.25, 0.3) is 0 Å². The smallest absolute Gasteiger partial charge is 0.270 e. The highest BCUT2D eigenvalue weighted by Gasteiger charge is 2.07. The molecule has 1 heterocycles. The summed E-state index contributed by atoms with van der Waals surface area (Å²) in [6, 6.07) is 8.97. The molecule has 0 aliphatic heterocycles. The van der Waals surface area contributed by atoms with E-state index in [0.29, 0.717) is 10.7 Å². The van der Waals surface area contributed by atoms with Crippen molar-refractivity contribution < 1.29 is 4.79 Å². The van der Waals surface area contributed by atoms with Crippen LogP contribution in [0.4, 0.5) is 0 Å². The first-order chi connectivity index (χ1) is 8.25. The summed E-state index contributed by atoms with van der Waals surface area (Å²) in [6.07, 6.45) is 1.09. The van der Waals surface area contributed by atoms with Gasteiger partial charge in [0.2, 0.25) is 0 Å². The lowest BCUT2D eigenvalue weighted by Crippen LogP contribution is -2.09. The maximum absolute atomic E-state index is 11.7. The monoisotopic (exact) mass is 247 g/mol. The number of thioether (sulfide) groups is 1. The van der Waals surface area contributed by atoms with Crippen molar-refractivity contribution in [2.24, 2.45) is 0 Å². The van der Waals surface area contributed by atoms with Gasteiger partial charge in [-0.3, -0.25) is 14.6 Å². The number of Topliss-reactive ketones (excluding diaryl/α,β-unsaturated/α-hetero) is 1. The predicted molar refractivity (Wildman–Crippen MR) is 64.1 cm³/mol. The molecule has 0 bridgehead atoms. The van der Waals surface area contributed by atoms with Gasteiger partial charge in [0.25, 0.3) is 5.56 Å². The number of aromatic amines is 1. The van der Waals surface area contributed by atoms with E-state index in [1.165, 1.54) is 0 Å². The molecule has 0 unspecified atom stereocenters. The second-order valence-corrected chi connectivity index (χ2v) is 4.18. The minimum atomic E-state index is -0.324. The number of ketones is 1. The number of nitrogens with one attached hydrogen (secondary N) is 1. The van der Waals surface area contributed by atoms with Crippen molar-refractivity contribution >= 4 is 17.5 Å². The van der Waals surface area contributed by atoms with Crippen LogP contribution in [-0.2, 0) is 0 Å². The third-order valence-electron chi connectivity index (χ3n) is 1.99. The van der Waals surface area contributed by atoms with Crippen molar-refractivity contribution in [2.45, 2.75) is 5.16 Å². The number of nitrogens with zero attached hydrogens (tertiary/aromatic N) is 2. The molecule has 0 aliphatic carbocycles. The molecule has 5 nitrogen and oxygen atoms in total. The highest BCUT2D eigenvalue weighted by molar-refractivity contribution is 7.99. The van der Waals surface area contributed by atoms with Crippen LogP contribution in [0, 0.1) is 0 Å². The standard InChI is InChI=1S/C11H9N3O2S/c15-9(8-4-2-1-3-5-8)7-17-11-13-10(16)6-12-14-11/h1-6H,7H2,(H,13,14,16). The van der Waals surface area contributed by atoms with E-state index in [1.54, 1.807) is 12.1 Å². The van der Waals surface area contributed by atoms with Crippen LogP contribution < -0.4 is 5.56 Å². The molecule has 0 saturated heterocycles. The molecule has 0 radical (unpaired) electrons. The van der Waals surface area contributed by atoms with Crippen molar-refractivity contribution in [3.8, 4) is 0 Å². The fraction of sp³-hybridized carbons (Fsp3) is 0.0909. The SMILES string of the molecule is O=C(CSc1nncc(=O)[nH]1)c1ccccc1. The van der Waals surface area contributed by atoms with E-state index in [-0.39, 0.29) is 17.1 Å². The first-order valence-electron chi connectivity index (χ1n) is 4.89. The molecule has 6 heteroatoms. The van der Waals surface area contributed by atoms with Gasteiger partial charge in [0.15, 0.2) is 10.9 Å². The van der Waals surface area contributed by atoms with Gasteiger partial charge in [-0.25, -0.2) is 0 Å². The number of rotatable bonds is 4. The summed E-state index contributed by atoms with van der Waals surface area (Å²) in [4.78, 5) is 25.2. The van der Waals surface area contributed by atoms with Crippen LogP contribution in [0.15, 0.2) is 46.5 Å². The van der Waals surface area contributed by atoms with E-state index in [9.17, 15) is 9.59 Å². The topological polar surface area (TPSA) is 75.7 Å². The molecule has 2 aromatic rings. The molecule has 0 amide bonds. The van der Waals surface area contributed by atoms with Crippen LogP contribution in [-0.4, -0.2) is 26.7 Å². The molecule has 17 heavy (non-hydrogen) atoms. The first kappa shape index (κ1) is 11.5. The number of hydrogen-bond donors (Lipinski definition) is 1. The lowest BCUT2D eigenvalue weighted by atomic mass is 10.2. The Hall–Kier alpha value is -1.95. The Morgan fingerprint density at radius 1 is 1.29 bits per heavy atom. The molecule has 0 aliphatic rings. The molecular weight excluding hydrogens is 238 g/mol. The molecule has 1 aromatic heterocycles. The lowest BCUT2D eigenvalue weighted by Gasteiger charge is -1.99. The summed E-state index contributed by atoms with van der Waals surface area (Å²) < 4.78 is 0. The molecule has 0 fully saturated rings. The van der Waals surface area contributed by atoms with E-state index < -0.39 is 0 Å². The van der Waals surface area contributed by atoms with Gasteiger partial charge in [-0.2, -0.15) is 5.10 Å². The molecule has 0 spiro atoms. The Morgan fingerprint density at radius 3 is 2.76 bits per heavy atom. The van der Waals surface area contributed by atoms with E-state index in [1.807, 2.05) is 18.2 Å². The van der Waals surface area contributed by atoms with E-state index in [2.05, 4.69) is 15.2 Å². The second-order valence-electron chi connectivity index (χ2n) is 3.22. The third-order valence-corrected chi connectivity index (χ3v) is 2.85. The summed E-state index contributed by atoms with van der Waals surface area (Å²) in [5.74, 6) is 0.209. The van der Waals surface area contributed by atoms with Crippen LogP contribution in [0.1, 0.15) is 10.4 Å². The van der Waals surface area contributed by atoms with Gasteiger partial charge < -0.3 is 0 Å². The van der Waals surface area contributed by atoms with Gasteiger partial charge in [-0.1, -0.05) is 42.1 Å². The number of benzene rings is 1. The minimum Gasteiger partial charge on any atom is -0.299 e. The molecule has 1 aromatic carbocycles. The first-order valence-corrected chi connectivity index (χ1v) is 5.87. The largest absolute Gasteiger partial charge is 0.299 e. The number of carbonyl (C=O) groups excluding carboxylic acids is 1. The van der Waals surface area contributed by atoms with Crippen LogP contribution in [0.5, 0.6) is 0 Å². The number of aromatic nitrogens is 3. The van der Waals surface area contributed by atoms with Crippen molar-refractivity contribution in [2.75, 3.05) is 5.75 Å². The summed E-state index contributed by atoms with van der Waals surface area (Å²) in [5.41, 5.74) is 0.320. The summed E-state index contributed by atoms with van der Waals surface area (Å²) in [5, 5.41) is 7.57. The van der Waals surface area contributed by atoms with Crippen LogP contribution >= 0.6 is 11.8 Å². The number of H-pyrrole nitrogens is 1. The van der Waals surface area contributed by atoms with E-state index in [0.717, 1.165) is 18.0 Å². The molecule has 0 atom stereocenters. The zero-order valence-corrected chi connectivity index (χ0v) is 9.61. The van der Waals surface area contributed by atoms with Gasteiger partial charge in [0.1, 0.15) is 6.20 Å². The maximum atomic E-state index is 11.7. The molecule has 2 rings (SSSR count). The summed E-state index contributed by atoms with van der Waals surface area (Å²) in [6.45, 7) is 0. The Bertz CT molecular complexity index is 568. The Labute approximate surface area is 101 Å². The average molecular weight is 247 g/mol. The van der Waals surface area contributed by atoms with Gasteiger partial charge in [-0.05, 0) is 0 Å². The predicted octanol–water partition coefficient (Wildman–Crippen LogP) is 1.14. The van der Waals surface area contributed by atoms with Gasteiger partial charge >= 0.3 is 0 Å². The lowest BCUT2D eigenvalue weighted by molar-refractivity contribution is 0.102. The Kier molecular flexibility index (Phi) is 3.66. The van der Waals surface area contributed by atoms with E-state index >= 15 is 0 Å². The summed E-state index contributed by atoms with van der Waals surface area (Å²) in [7, 11) is 0. The molecular formula is C11H9N3O2S. The van der Waals surface area contributed by atoms with Crippen molar-refractivity contribution in [1.82, 2.24) is 15.2 Å². The fourth-order valence-corrected chi connectivity index (χ4v) is 1.91. The maximum Gasteiger partial charge on any atom is 0.270 e. The normalized spacial score (nSPS) is 10.1. The molecule has 1 N–H and O–H groups in total. The Balaban J connectivity index is 2.00. The van der Waals surface area contributed by atoms with Crippen LogP contribution in [0.2, 0.25) is 0 Å². The van der Waals surface area contributed by atoms with Crippen molar-refractivity contribution in [3.63, 3.8) is 0 Å². The van der Waals surface area contributed by atoms with Gasteiger partial charge in [0.05, 0.1) is 5.75 Å². The number of hydrogen-bond acceptors (Lipinski definition) is 5. The highest BCUT2D eigenvalue weighted by Crippen LogP contribution is 2.12. The molecule has 86 valence electrons. The van der Waals surface area contributed by atoms with Crippen LogP contribution in [0.3, 0.4) is 0 Å². The average Bonchev–Trinajstić information content (AvgIpc) is 2.37. The second kappa shape index (κ2) is 5.40. The van der Waals surface area contributed by atoms with Gasteiger partial charge in [-0.15, -0.1) is 5.10 Å².